The van der Waals surface area contributed by atoms with Crippen molar-refractivity contribution >= 4 is 32.6 Å². The number of nitrogens with zero attached hydrogens (tertiary/aromatic N) is 2. The fraction of sp³-hybridized carbons (Fsp3) is 0.316. The maximum absolute atomic E-state index is 12.8. The minimum atomic E-state index is -3.51. The normalized spacial score (nSPS) is 16.1. The van der Waals surface area contributed by atoms with Crippen LogP contribution < -0.4 is 10.5 Å². The van der Waals surface area contributed by atoms with Gasteiger partial charge in [0.2, 0.25) is 10.0 Å². The van der Waals surface area contributed by atoms with Gasteiger partial charge >= 0.3 is 0 Å². The average molecular weight is 422 g/mol. The van der Waals surface area contributed by atoms with Crippen LogP contribution in [0, 0.1) is 0 Å². The number of sulfonamides is 1. The van der Waals surface area contributed by atoms with Crippen molar-refractivity contribution in [1.29, 1.82) is 0 Å². The molecule has 2 N–H and O–H groups in total. The fourth-order valence-corrected chi connectivity index (χ4v) is 4.85. The summed E-state index contributed by atoms with van der Waals surface area (Å²) in [5, 5.41) is 0.409. The third kappa shape index (κ3) is 5.26. The van der Waals surface area contributed by atoms with Crippen LogP contribution in [0.2, 0.25) is 0 Å². The third-order valence-corrected chi connectivity index (χ3v) is 6.96. The van der Waals surface area contributed by atoms with E-state index in [4.69, 9.17) is 15.2 Å². The third-order valence-electron chi connectivity index (χ3n) is 4.20. The zero-order chi connectivity index (χ0) is 20.0. The second-order valence-corrected chi connectivity index (χ2v) is 9.03. The molecule has 0 atom stereocenters. The molecule has 0 saturated carbocycles. The molecule has 0 unspecified atom stereocenters. The Morgan fingerprint density at radius 2 is 1.93 bits per heavy atom. The van der Waals surface area contributed by atoms with Gasteiger partial charge in [0.25, 0.3) is 0 Å². The summed E-state index contributed by atoms with van der Waals surface area (Å²) in [6.45, 7) is 1.60. The smallest absolute Gasteiger partial charge is 0.243 e. The molecular formula is C19H23N3O4S2. The van der Waals surface area contributed by atoms with Crippen LogP contribution in [0.1, 0.15) is 5.56 Å². The molecule has 1 fully saturated rings. The van der Waals surface area contributed by atoms with E-state index < -0.39 is 10.0 Å². The molecule has 0 aliphatic carbocycles. The van der Waals surface area contributed by atoms with Crippen molar-refractivity contribution < 1.29 is 17.9 Å². The largest absolute Gasteiger partial charge is 0.497 e. The van der Waals surface area contributed by atoms with E-state index in [0.717, 1.165) is 17.0 Å². The quantitative estimate of drug-likeness (QED) is 0.569. The molecule has 0 bridgehead atoms. The first kappa shape index (κ1) is 20.7. The summed E-state index contributed by atoms with van der Waals surface area (Å²) >= 11 is 1.36. The van der Waals surface area contributed by atoms with Gasteiger partial charge in [-0.25, -0.2) is 13.4 Å². The second kappa shape index (κ2) is 9.42. The standard InChI is InChI=1S/C19H23N3O4S2/c1-25-17-7-5-16(6-8-17)21-19(20)27-14-15-3-2-4-18(13-15)28(23,24)22-9-11-26-12-10-22/h2-8,13H,9-12,14H2,1H3,(H2,20,21). The van der Waals surface area contributed by atoms with Crippen molar-refractivity contribution in [3.8, 4) is 5.75 Å². The summed E-state index contributed by atoms with van der Waals surface area (Å²) in [5.41, 5.74) is 7.60. The molecule has 7 nitrogen and oxygen atoms in total. The first-order chi connectivity index (χ1) is 13.5. The van der Waals surface area contributed by atoms with Gasteiger partial charge in [0.15, 0.2) is 5.17 Å². The number of benzene rings is 2. The highest BCUT2D eigenvalue weighted by Gasteiger charge is 2.26. The van der Waals surface area contributed by atoms with E-state index >= 15 is 0 Å². The number of aliphatic imine (C=N–C) groups is 1. The summed E-state index contributed by atoms with van der Waals surface area (Å²) < 4.78 is 37.4. The van der Waals surface area contributed by atoms with E-state index in [0.29, 0.717) is 37.2 Å². The molecule has 1 heterocycles. The Balaban J connectivity index is 1.66. The minimum absolute atomic E-state index is 0.290. The van der Waals surface area contributed by atoms with Crippen molar-refractivity contribution in [2.75, 3.05) is 33.4 Å². The van der Waals surface area contributed by atoms with Gasteiger partial charge in [0.05, 0.1) is 30.9 Å². The van der Waals surface area contributed by atoms with Gasteiger partial charge < -0.3 is 15.2 Å². The first-order valence-electron chi connectivity index (χ1n) is 8.77. The topological polar surface area (TPSA) is 94.2 Å². The van der Waals surface area contributed by atoms with E-state index in [9.17, 15) is 8.42 Å². The van der Waals surface area contributed by atoms with Crippen molar-refractivity contribution in [3.63, 3.8) is 0 Å². The van der Waals surface area contributed by atoms with Crippen LogP contribution in [0.4, 0.5) is 5.69 Å². The maximum Gasteiger partial charge on any atom is 0.243 e. The van der Waals surface area contributed by atoms with Crippen molar-refractivity contribution in [3.05, 3.63) is 54.1 Å². The van der Waals surface area contributed by atoms with E-state index in [-0.39, 0.29) is 4.90 Å². The SMILES string of the molecule is COc1ccc(N=C(N)SCc2cccc(S(=O)(=O)N3CCOCC3)c2)cc1. The Kier molecular flexibility index (Phi) is 6.95. The predicted molar refractivity (Wildman–Crippen MR) is 112 cm³/mol. The zero-order valence-corrected chi connectivity index (χ0v) is 17.2. The van der Waals surface area contributed by atoms with Crippen LogP contribution in [0.5, 0.6) is 5.75 Å². The monoisotopic (exact) mass is 421 g/mol. The van der Waals surface area contributed by atoms with Crippen LogP contribution in [0.15, 0.2) is 58.4 Å². The lowest BCUT2D eigenvalue weighted by atomic mass is 10.2. The number of ether oxygens (including phenoxy) is 2. The number of thioether (sulfide) groups is 1. The summed E-state index contributed by atoms with van der Waals surface area (Å²) in [6, 6.07) is 14.2. The molecular weight excluding hydrogens is 398 g/mol. The molecule has 1 aliphatic rings. The van der Waals surface area contributed by atoms with Crippen LogP contribution >= 0.6 is 11.8 Å². The van der Waals surface area contributed by atoms with Gasteiger partial charge in [-0.2, -0.15) is 4.31 Å². The number of hydrogen-bond acceptors (Lipinski definition) is 6. The lowest BCUT2D eigenvalue weighted by Gasteiger charge is -2.26. The Hall–Kier alpha value is -2.07. The van der Waals surface area contributed by atoms with Crippen molar-refractivity contribution in [2.24, 2.45) is 10.7 Å². The summed E-state index contributed by atoms with van der Waals surface area (Å²) in [5.74, 6) is 1.28. The van der Waals surface area contributed by atoms with Crippen LogP contribution in [-0.4, -0.2) is 51.3 Å². The molecule has 9 heteroatoms. The van der Waals surface area contributed by atoms with Gasteiger partial charge in [0.1, 0.15) is 5.75 Å². The Morgan fingerprint density at radius 3 is 2.61 bits per heavy atom. The molecule has 2 aromatic rings. The van der Waals surface area contributed by atoms with Gasteiger partial charge in [-0.3, -0.25) is 0 Å². The number of amidine groups is 1. The fourth-order valence-electron chi connectivity index (χ4n) is 2.71. The summed E-state index contributed by atoms with van der Waals surface area (Å²) in [6.07, 6.45) is 0. The Bertz CT molecular complexity index is 924. The highest BCUT2D eigenvalue weighted by atomic mass is 32.2. The average Bonchev–Trinajstić information content (AvgIpc) is 2.74. The van der Waals surface area contributed by atoms with E-state index in [1.54, 1.807) is 25.3 Å². The lowest BCUT2D eigenvalue weighted by molar-refractivity contribution is 0.0730. The zero-order valence-electron chi connectivity index (χ0n) is 15.6. The molecule has 1 saturated heterocycles. The number of rotatable bonds is 6. The van der Waals surface area contributed by atoms with E-state index in [1.165, 1.54) is 16.1 Å². The van der Waals surface area contributed by atoms with Gasteiger partial charge in [-0.15, -0.1) is 0 Å². The summed E-state index contributed by atoms with van der Waals surface area (Å²) in [7, 11) is -1.90. The molecule has 0 spiro atoms. The van der Waals surface area contributed by atoms with Crippen molar-refractivity contribution in [2.45, 2.75) is 10.6 Å². The van der Waals surface area contributed by atoms with Gasteiger partial charge in [-0.05, 0) is 42.0 Å². The molecule has 0 aromatic heterocycles. The first-order valence-corrected chi connectivity index (χ1v) is 11.2. The van der Waals surface area contributed by atoms with Crippen LogP contribution in [0.25, 0.3) is 0 Å². The molecule has 0 radical (unpaired) electrons. The highest BCUT2D eigenvalue weighted by Crippen LogP contribution is 2.22. The Morgan fingerprint density at radius 1 is 1.21 bits per heavy atom. The van der Waals surface area contributed by atoms with E-state index in [2.05, 4.69) is 4.99 Å². The molecule has 2 aromatic carbocycles. The summed E-state index contributed by atoms with van der Waals surface area (Å²) in [4.78, 5) is 4.65. The number of morpholine rings is 1. The van der Waals surface area contributed by atoms with Gasteiger partial charge in [-0.1, -0.05) is 23.9 Å². The number of methoxy groups -OCH3 is 1. The van der Waals surface area contributed by atoms with Crippen LogP contribution in [0.3, 0.4) is 0 Å². The highest BCUT2D eigenvalue weighted by molar-refractivity contribution is 8.13. The van der Waals surface area contributed by atoms with E-state index in [1.807, 2.05) is 30.3 Å². The van der Waals surface area contributed by atoms with Gasteiger partial charge in [0, 0.05) is 18.8 Å². The number of nitrogens with two attached hydrogens (primary N) is 1. The maximum atomic E-state index is 12.8. The van der Waals surface area contributed by atoms with Crippen molar-refractivity contribution in [1.82, 2.24) is 4.31 Å². The number of hydrogen-bond donors (Lipinski definition) is 1. The minimum Gasteiger partial charge on any atom is -0.497 e. The molecule has 1 aliphatic heterocycles. The molecule has 3 rings (SSSR count). The second-order valence-electron chi connectivity index (χ2n) is 6.10. The molecule has 150 valence electrons. The Labute approximate surface area is 169 Å². The lowest BCUT2D eigenvalue weighted by Crippen LogP contribution is -2.40. The molecule has 28 heavy (non-hydrogen) atoms. The predicted octanol–water partition coefficient (Wildman–Crippen LogP) is 2.60. The molecule has 0 amide bonds. The van der Waals surface area contributed by atoms with Crippen LogP contribution in [-0.2, 0) is 20.5 Å².